The van der Waals surface area contributed by atoms with Gasteiger partial charge in [0.05, 0.1) is 17.4 Å². The van der Waals surface area contributed by atoms with Crippen LogP contribution in [0.4, 0.5) is 0 Å². The molecule has 1 saturated heterocycles. The molecule has 0 bridgehead atoms. The fraction of sp³-hybridized carbons (Fsp3) is 0.389. The van der Waals surface area contributed by atoms with Crippen molar-refractivity contribution in [1.29, 1.82) is 0 Å². The first-order chi connectivity index (χ1) is 13.1. The molecule has 1 aromatic carbocycles. The molecule has 3 heterocycles. The molecule has 1 fully saturated rings. The highest BCUT2D eigenvalue weighted by Crippen LogP contribution is 2.15. The molecule has 0 radical (unpaired) electrons. The van der Waals surface area contributed by atoms with Crippen LogP contribution in [0.15, 0.2) is 29.6 Å². The molecule has 9 heteroatoms. The Morgan fingerprint density at radius 2 is 1.78 bits per heavy atom. The fourth-order valence-corrected chi connectivity index (χ4v) is 3.39. The van der Waals surface area contributed by atoms with E-state index in [0.29, 0.717) is 50.3 Å². The van der Waals surface area contributed by atoms with Crippen molar-refractivity contribution in [3.05, 3.63) is 30.1 Å². The van der Waals surface area contributed by atoms with Gasteiger partial charge < -0.3 is 14.8 Å². The summed E-state index contributed by atoms with van der Waals surface area (Å²) in [5.74, 6) is -0.389. The van der Waals surface area contributed by atoms with Gasteiger partial charge in [0.1, 0.15) is 5.71 Å². The number of hydrogen-bond acceptors (Lipinski definition) is 5. The number of fused-ring (bicyclic) bond motifs is 1. The second kappa shape index (κ2) is 7.18. The first-order valence-electron chi connectivity index (χ1n) is 8.99. The van der Waals surface area contributed by atoms with Crippen molar-refractivity contribution in [2.45, 2.75) is 19.3 Å². The van der Waals surface area contributed by atoms with Gasteiger partial charge in [0, 0.05) is 44.6 Å². The van der Waals surface area contributed by atoms with Crippen molar-refractivity contribution < 1.29 is 14.4 Å². The van der Waals surface area contributed by atoms with Gasteiger partial charge in [-0.2, -0.15) is 5.10 Å². The minimum atomic E-state index is -0.173. The molecular formula is C18H20N6O3. The van der Waals surface area contributed by atoms with Crippen LogP contribution in [-0.2, 0) is 9.59 Å². The van der Waals surface area contributed by atoms with E-state index in [1.54, 1.807) is 28.3 Å². The molecule has 0 spiro atoms. The maximum atomic E-state index is 12.8. The monoisotopic (exact) mass is 368 g/mol. The van der Waals surface area contributed by atoms with E-state index in [-0.39, 0.29) is 24.1 Å². The third-order valence-corrected chi connectivity index (χ3v) is 4.89. The van der Waals surface area contributed by atoms with Gasteiger partial charge in [0.15, 0.2) is 0 Å². The number of aromatic nitrogens is 2. The summed E-state index contributed by atoms with van der Waals surface area (Å²) in [6.07, 6.45) is 2.93. The van der Waals surface area contributed by atoms with E-state index in [4.69, 9.17) is 0 Å². The number of carbonyl (C=O) groups is 3. The summed E-state index contributed by atoms with van der Waals surface area (Å²) in [7, 11) is 0. The summed E-state index contributed by atoms with van der Waals surface area (Å²) in [4.78, 5) is 47.3. The molecule has 2 N–H and O–H groups in total. The van der Waals surface area contributed by atoms with Crippen LogP contribution in [0.1, 0.15) is 29.6 Å². The molecule has 2 aromatic rings. The summed E-state index contributed by atoms with van der Waals surface area (Å²) >= 11 is 0. The van der Waals surface area contributed by atoms with E-state index < -0.39 is 0 Å². The van der Waals surface area contributed by atoms with E-state index in [1.165, 1.54) is 0 Å². The molecule has 2 aliphatic rings. The summed E-state index contributed by atoms with van der Waals surface area (Å²) in [5.41, 5.74) is 4.98. The highest BCUT2D eigenvalue weighted by atomic mass is 16.2. The molecule has 0 aliphatic carbocycles. The minimum Gasteiger partial charge on any atom is -0.345 e. The molecule has 140 valence electrons. The van der Waals surface area contributed by atoms with E-state index in [9.17, 15) is 14.4 Å². The molecule has 0 saturated carbocycles. The average Bonchev–Trinajstić information content (AvgIpc) is 3.02. The third kappa shape index (κ3) is 3.53. The summed E-state index contributed by atoms with van der Waals surface area (Å²) in [6.45, 7) is 2.07. The summed E-state index contributed by atoms with van der Waals surface area (Å²) in [6, 6.07) is 5.40. The molecule has 9 nitrogen and oxygen atoms in total. The van der Waals surface area contributed by atoms with Gasteiger partial charge >= 0.3 is 0 Å². The molecular weight excluding hydrogens is 348 g/mol. The molecule has 3 amide bonds. The van der Waals surface area contributed by atoms with Crippen molar-refractivity contribution >= 4 is 34.5 Å². The lowest BCUT2D eigenvalue weighted by Gasteiger charge is -2.23. The van der Waals surface area contributed by atoms with Crippen LogP contribution in [-0.4, -0.2) is 69.4 Å². The number of aromatic amines is 1. The third-order valence-electron chi connectivity index (χ3n) is 4.89. The normalized spacial score (nSPS) is 18.1. The predicted octanol–water partition coefficient (Wildman–Crippen LogP) is 0.503. The second-order valence-electron chi connectivity index (χ2n) is 6.67. The Balaban J connectivity index is 1.42. The molecule has 2 aliphatic heterocycles. The van der Waals surface area contributed by atoms with Crippen molar-refractivity contribution in [2.75, 3.05) is 26.2 Å². The molecule has 27 heavy (non-hydrogen) atoms. The average molecular weight is 368 g/mol. The largest absolute Gasteiger partial charge is 0.345 e. The van der Waals surface area contributed by atoms with Gasteiger partial charge in [-0.1, -0.05) is 0 Å². The number of rotatable bonds is 2. The predicted molar refractivity (Wildman–Crippen MR) is 98.0 cm³/mol. The number of amides is 3. The zero-order chi connectivity index (χ0) is 18.8. The Bertz CT molecular complexity index is 934. The van der Waals surface area contributed by atoms with Crippen LogP contribution in [0.3, 0.4) is 0 Å². The Hall–Kier alpha value is -3.23. The smallest absolute Gasteiger partial charge is 0.270 e. The minimum absolute atomic E-state index is 0.0527. The number of imidazole rings is 1. The van der Waals surface area contributed by atoms with Crippen molar-refractivity contribution in [1.82, 2.24) is 25.2 Å². The topological polar surface area (TPSA) is 111 Å². The molecule has 4 rings (SSSR count). The van der Waals surface area contributed by atoms with Gasteiger partial charge in [-0.25, -0.2) is 10.4 Å². The number of H-pyrrole nitrogens is 1. The van der Waals surface area contributed by atoms with Crippen LogP contribution in [0.25, 0.3) is 11.0 Å². The highest BCUT2D eigenvalue weighted by Gasteiger charge is 2.27. The van der Waals surface area contributed by atoms with E-state index in [1.807, 2.05) is 6.07 Å². The number of benzene rings is 1. The molecule has 0 unspecified atom stereocenters. The zero-order valence-electron chi connectivity index (χ0n) is 14.8. The lowest BCUT2D eigenvalue weighted by atomic mass is 10.1. The van der Waals surface area contributed by atoms with E-state index in [2.05, 4.69) is 20.5 Å². The van der Waals surface area contributed by atoms with Crippen LogP contribution >= 0.6 is 0 Å². The lowest BCUT2D eigenvalue weighted by molar-refractivity contribution is -0.124. The van der Waals surface area contributed by atoms with Crippen LogP contribution < -0.4 is 5.43 Å². The second-order valence-corrected chi connectivity index (χ2v) is 6.67. The standard InChI is InChI=1S/C18H20N6O3/c25-16-5-4-14(21-22-16)18(27)24-7-1-6-23(8-9-24)17(26)12-2-3-13-15(10-12)20-11-19-13/h2-3,10-11H,1,4-9H2,(H,19,20)(H,22,25). The van der Waals surface area contributed by atoms with Gasteiger partial charge in [-0.05, 0) is 24.6 Å². The van der Waals surface area contributed by atoms with Crippen LogP contribution in [0.2, 0.25) is 0 Å². The van der Waals surface area contributed by atoms with Crippen LogP contribution in [0.5, 0.6) is 0 Å². The Labute approximate surface area is 155 Å². The zero-order valence-corrected chi connectivity index (χ0v) is 14.8. The van der Waals surface area contributed by atoms with Gasteiger partial charge in [0.25, 0.3) is 11.8 Å². The molecule has 1 aromatic heterocycles. The van der Waals surface area contributed by atoms with E-state index >= 15 is 0 Å². The lowest BCUT2D eigenvalue weighted by Crippen LogP contribution is -2.42. The van der Waals surface area contributed by atoms with Gasteiger partial charge in [-0.3, -0.25) is 14.4 Å². The maximum Gasteiger partial charge on any atom is 0.270 e. The quantitative estimate of drug-likeness (QED) is 0.804. The first-order valence-corrected chi connectivity index (χ1v) is 8.99. The number of hydrazone groups is 1. The number of hydrogen-bond donors (Lipinski definition) is 2. The SMILES string of the molecule is O=C1CCC(C(=O)N2CCCN(C(=O)c3ccc4nc[nH]c4c3)CC2)=NN1. The Morgan fingerprint density at radius 1 is 1.00 bits per heavy atom. The maximum absolute atomic E-state index is 12.8. The Morgan fingerprint density at radius 3 is 2.52 bits per heavy atom. The Kier molecular flexibility index (Phi) is 4.57. The van der Waals surface area contributed by atoms with Gasteiger partial charge in [-0.15, -0.1) is 0 Å². The van der Waals surface area contributed by atoms with E-state index in [0.717, 1.165) is 11.0 Å². The van der Waals surface area contributed by atoms with Crippen molar-refractivity contribution in [3.8, 4) is 0 Å². The highest BCUT2D eigenvalue weighted by molar-refractivity contribution is 6.39. The van der Waals surface area contributed by atoms with Crippen LogP contribution in [0, 0.1) is 0 Å². The number of nitrogens with zero attached hydrogens (tertiary/aromatic N) is 4. The number of nitrogens with one attached hydrogen (secondary N) is 2. The van der Waals surface area contributed by atoms with Crippen molar-refractivity contribution in [3.63, 3.8) is 0 Å². The molecule has 0 atom stereocenters. The first kappa shape index (κ1) is 17.2. The summed E-state index contributed by atoms with van der Waals surface area (Å²) in [5, 5.41) is 3.88. The number of carbonyl (C=O) groups excluding carboxylic acids is 3. The summed E-state index contributed by atoms with van der Waals surface area (Å²) < 4.78 is 0. The van der Waals surface area contributed by atoms with Gasteiger partial charge in [0.2, 0.25) is 5.91 Å². The van der Waals surface area contributed by atoms with Crippen molar-refractivity contribution in [2.24, 2.45) is 5.10 Å². The fourth-order valence-electron chi connectivity index (χ4n) is 3.39.